The summed E-state index contributed by atoms with van der Waals surface area (Å²) >= 11 is 0. The highest BCUT2D eigenvalue weighted by Crippen LogP contribution is 2.22. The summed E-state index contributed by atoms with van der Waals surface area (Å²) in [4.78, 5) is 106. The smallest absolute Gasteiger partial charge is 0.291 e. The summed E-state index contributed by atoms with van der Waals surface area (Å²) in [5.41, 5.74) is 8.65. The Kier molecular flexibility index (Phi) is 15.1. The molecule has 0 aliphatic rings. The van der Waals surface area contributed by atoms with E-state index in [2.05, 4.69) is 47.5 Å². The van der Waals surface area contributed by atoms with Crippen LogP contribution in [-0.2, 0) is 51.9 Å². The molecule has 0 bridgehead atoms. The molecule has 0 aliphatic carbocycles. The molecule has 6 rings (SSSR count). The normalized spacial score (nSPS) is 10.9. The van der Waals surface area contributed by atoms with Gasteiger partial charge in [0, 0.05) is 106 Å². The first kappa shape index (κ1) is 48.8. The number of rotatable bonds is 19. The fourth-order valence-corrected chi connectivity index (χ4v) is 7.14. The van der Waals surface area contributed by atoms with Crippen molar-refractivity contribution in [1.29, 1.82) is 0 Å². The molecular formula is C44H54N16O8. The molecule has 0 unspecified atom stereocenters. The van der Waals surface area contributed by atoms with Crippen LogP contribution >= 0.6 is 0 Å². The van der Waals surface area contributed by atoms with Gasteiger partial charge in [0.25, 0.3) is 35.4 Å². The Morgan fingerprint density at radius 3 is 1.19 bits per heavy atom. The van der Waals surface area contributed by atoms with E-state index in [0.29, 0.717) is 60.1 Å². The summed E-state index contributed by atoms with van der Waals surface area (Å²) in [5, 5.41) is 21.9. The third kappa shape index (κ3) is 12.0. The Labute approximate surface area is 389 Å². The number of hydrogen-bond donors (Lipinski definition) is 9. The Morgan fingerprint density at radius 1 is 0.456 bits per heavy atom. The average Bonchev–Trinajstić information content (AvgIpc) is 4.13. The molecule has 0 fully saturated rings. The van der Waals surface area contributed by atoms with E-state index in [1.807, 2.05) is 0 Å². The number of hydrogen-bond acceptors (Lipinski definition) is 10. The number of anilines is 6. The second kappa shape index (κ2) is 21.1. The zero-order valence-electron chi connectivity index (χ0n) is 38.6. The molecule has 0 atom stereocenters. The number of amides is 8. The van der Waals surface area contributed by atoms with E-state index in [0.717, 1.165) is 0 Å². The molecule has 24 heteroatoms. The number of nitrogens with zero attached hydrogens (tertiary/aromatic N) is 7. The molecule has 0 saturated heterocycles. The molecule has 24 nitrogen and oxygen atoms in total. The minimum atomic E-state index is -0.553. The summed E-state index contributed by atoms with van der Waals surface area (Å²) in [7, 11) is 9.88. The summed E-state index contributed by atoms with van der Waals surface area (Å²) < 4.78 is 9.23. The van der Waals surface area contributed by atoms with Gasteiger partial charge in [-0.15, -0.1) is 0 Å². The molecule has 0 aliphatic heterocycles. The highest BCUT2D eigenvalue weighted by atomic mass is 16.2. The number of aryl methyl sites for hydroxylation is 6. The minimum Gasteiger partial charge on any atom is -0.351 e. The molecule has 8 amide bonds. The first-order chi connectivity index (χ1) is 32.3. The van der Waals surface area contributed by atoms with E-state index < -0.39 is 29.5 Å². The van der Waals surface area contributed by atoms with E-state index >= 15 is 0 Å². The van der Waals surface area contributed by atoms with Crippen LogP contribution in [0.5, 0.6) is 0 Å². The van der Waals surface area contributed by atoms with E-state index in [9.17, 15) is 38.4 Å². The number of carbonyl (C=O) groups is 8. The number of imidazole rings is 1. The lowest BCUT2D eigenvalue weighted by molar-refractivity contribution is -0.116. The Bertz CT molecular complexity index is 2920. The van der Waals surface area contributed by atoms with E-state index in [1.54, 1.807) is 97.6 Å². The summed E-state index contributed by atoms with van der Waals surface area (Å²) in [6, 6.07) is 7.58. The molecular weight excluding hydrogens is 881 g/mol. The molecule has 6 aromatic heterocycles. The fourth-order valence-electron chi connectivity index (χ4n) is 7.14. The van der Waals surface area contributed by atoms with Crippen molar-refractivity contribution in [1.82, 2.24) is 43.0 Å². The lowest BCUT2D eigenvalue weighted by Gasteiger charge is -2.06. The summed E-state index contributed by atoms with van der Waals surface area (Å²) in [5.74, 6) is -3.12. The lowest BCUT2D eigenvalue weighted by Crippen LogP contribution is -2.27. The van der Waals surface area contributed by atoms with Crippen molar-refractivity contribution in [3.63, 3.8) is 0 Å². The Balaban J connectivity index is 0.938. The van der Waals surface area contributed by atoms with Crippen molar-refractivity contribution in [3.8, 4) is 0 Å². The molecule has 0 radical (unpaired) electrons. The van der Waals surface area contributed by atoms with Gasteiger partial charge in [0.2, 0.25) is 17.6 Å². The molecule has 68 heavy (non-hydrogen) atoms. The number of nitrogens with two attached hydrogens (primary N) is 1. The monoisotopic (exact) mass is 934 g/mol. The van der Waals surface area contributed by atoms with Crippen LogP contribution in [0.1, 0.15) is 89.2 Å². The summed E-state index contributed by atoms with van der Waals surface area (Å²) in [6.45, 7) is 2.38. The number of carbonyl (C=O) groups excluding carboxylic acids is 8. The molecule has 0 aromatic carbocycles. The second-order valence-electron chi connectivity index (χ2n) is 16.0. The maximum absolute atomic E-state index is 13.3. The molecule has 358 valence electrons. The van der Waals surface area contributed by atoms with Crippen molar-refractivity contribution in [3.05, 3.63) is 102 Å². The van der Waals surface area contributed by atoms with Crippen LogP contribution in [0.2, 0.25) is 0 Å². The Morgan fingerprint density at radius 2 is 0.809 bits per heavy atom. The first-order valence-corrected chi connectivity index (χ1v) is 21.2. The molecule has 10 N–H and O–H groups in total. The highest BCUT2D eigenvalue weighted by molar-refractivity contribution is 6.09. The number of nitrogens with one attached hydrogen (secondary N) is 8. The van der Waals surface area contributed by atoms with Gasteiger partial charge in [0.1, 0.15) is 28.5 Å². The minimum absolute atomic E-state index is 0.0441. The highest BCUT2D eigenvalue weighted by Gasteiger charge is 2.22. The van der Waals surface area contributed by atoms with Crippen LogP contribution in [0.4, 0.5) is 34.3 Å². The third-order valence-electron chi connectivity index (χ3n) is 10.4. The zero-order valence-corrected chi connectivity index (χ0v) is 38.6. The van der Waals surface area contributed by atoms with Gasteiger partial charge in [-0.2, -0.15) is 0 Å². The topological polar surface area (TPSA) is 301 Å². The number of aromatic nitrogens is 7. The zero-order chi connectivity index (χ0) is 49.4. The standard InChI is InChI=1S/C44H54N16O8/c1-25(61)48-36-24-60(7)38(54-36)44(68)53-30-18-35(59(6)23-30)43(67)51-27-15-31(55(2)20-27)39(63)46-12-8-10-37(62)49-26-14-33(57(4)19-26)41(65)52-29-17-34(58(5)22-29)42(66)50-28-16-32(56(3)21-28)40(64)47-13-9-11-45/h14-24H,8-13,45H2,1-7H3,(H,46,63)(H,47,64)(H,48,61)(H,49,62)(H,50,66)(H,51,67)(H,52,65)(H,53,68). The quantitative estimate of drug-likeness (QED) is 0.0534. The maximum atomic E-state index is 13.3. The van der Waals surface area contributed by atoms with Crippen molar-refractivity contribution >= 4 is 81.5 Å². The second-order valence-corrected chi connectivity index (χ2v) is 16.0. The van der Waals surface area contributed by atoms with Gasteiger partial charge in [0.05, 0.1) is 28.4 Å². The van der Waals surface area contributed by atoms with Crippen LogP contribution in [0, 0.1) is 0 Å². The third-order valence-corrected chi connectivity index (χ3v) is 10.4. The van der Waals surface area contributed by atoms with Gasteiger partial charge in [-0.25, -0.2) is 4.98 Å². The Hall–Kier alpha value is -8.67. The molecule has 6 heterocycles. The van der Waals surface area contributed by atoms with Gasteiger partial charge in [0.15, 0.2) is 5.82 Å². The van der Waals surface area contributed by atoms with Crippen molar-refractivity contribution < 1.29 is 38.4 Å². The maximum Gasteiger partial charge on any atom is 0.291 e. The van der Waals surface area contributed by atoms with Crippen LogP contribution in [0.15, 0.2) is 67.5 Å². The van der Waals surface area contributed by atoms with Gasteiger partial charge >= 0.3 is 0 Å². The van der Waals surface area contributed by atoms with E-state index in [4.69, 9.17) is 5.73 Å². The van der Waals surface area contributed by atoms with Gasteiger partial charge in [-0.05, 0) is 49.7 Å². The largest absolute Gasteiger partial charge is 0.351 e. The van der Waals surface area contributed by atoms with Crippen molar-refractivity contribution in [2.75, 3.05) is 51.5 Å². The molecule has 0 saturated carbocycles. The van der Waals surface area contributed by atoms with Crippen molar-refractivity contribution in [2.24, 2.45) is 48.0 Å². The van der Waals surface area contributed by atoms with Crippen LogP contribution < -0.4 is 48.3 Å². The van der Waals surface area contributed by atoms with Crippen LogP contribution in [0.25, 0.3) is 0 Å². The fraction of sp³-hybridized carbons (Fsp3) is 0.295. The predicted octanol–water partition coefficient (Wildman–Crippen LogP) is 2.31. The van der Waals surface area contributed by atoms with E-state index in [-0.39, 0.29) is 65.1 Å². The summed E-state index contributed by atoms with van der Waals surface area (Å²) in [6.07, 6.45) is 10.4. The van der Waals surface area contributed by atoms with Gasteiger partial charge < -0.3 is 75.7 Å². The predicted molar refractivity (Wildman–Crippen MR) is 253 cm³/mol. The molecule has 0 spiro atoms. The molecule has 6 aromatic rings. The lowest BCUT2D eigenvalue weighted by atomic mass is 10.2. The first-order valence-electron chi connectivity index (χ1n) is 21.2. The SMILES string of the molecule is CC(=O)Nc1cn(C)c(C(=O)Nc2cc(C(=O)Nc3cc(C(=O)NCCCC(=O)Nc4cc(C(=O)Nc5cc(C(=O)Nc6cc(C(=O)NCCCN)n(C)c6)n(C)c5)n(C)c4)n(C)c3)n(C)c2)n1. The van der Waals surface area contributed by atoms with Gasteiger partial charge in [-0.1, -0.05) is 0 Å². The van der Waals surface area contributed by atoms with E-state index in [1.165, 1.54) is 46.5 Å². The van der Waals surface area contributed by atoms with Crippen molar-refractivity contribution in [2.45, 2.75) is 26.2 Å². The average molecular weight is 935 g/mol. The van der Waals surface area contributed by atoms with Crippen LogP contribution in [-0.4, -0.2) is 99.3 Å². The van der Waals surface area contributed by atoms with Gasteiger partial charge in [-0.3, -0.25) is 38.4 Å². The van der Waals surface area contributed by atoms with Crippen LogP contribution in [0.3, 0.4) is 0 Å².